The summed E-state index contributed by atoms with van der Waals surface area (Å²) in [6.07, 6.45) is 2.49. The predicted molar refractivity (Wildman–Crippen MR) is 185 cm³/mol. The third-order valence-electron chi connectivity index (χ3n) is 11.0. The van der Waals surface area contributed by atoms with Crippen LogP contribution < -0.4 is 4.74 Å². The van der Waals surface area contributed by atoms with Crippen LogP contribution in [0.5, 0.6) is 5.88 Å². The Morgan fingerprint density at radius 2 is 1.32 bits per heavy atom. The Labute approximate surface area is 269 Å². The summed E-state index contributed by atoms with van der Waals surface area (Å²) in [6.45, 7) is 34.7. The lowest BCUT2D eigenvalue weighted by Crippen LogP contribution is -2.54. The zero-order chi connectivity index (χ0) is 33.3. The van der Waals surface area contributed by atoms with Crippen LogP contribution in [0.25, 0.3) is 11.2 Å². The Morgan fingerprint density at radius 1 is 0.795 bits per heavy atom. The lowest BCUT2D eigenvalue weighted by atomic mass is 10.1. The molecule has 0 aromatic carbocycles. The van der Waals surface area contributed by atoms with Crippen molar-refractivity contribution < 1.29 is 22.8 Å². The second-order valence-corrected chi connectivity index (χ2v) is 31.8. The number of fused-ring (bicyclic) bond motifs is 1. The van der Waals surface area contributed by atoms with Crippen molar-refractivity contribution in [2.45, 2.75) is 160 Å². The molecule has 3 heterocycles. The molecule has 250 valence electrons. The van der Waals surface area contributed by atoms with Crippen molar-refractivity contribution in [3.8, 4) is 5.88 Å². The zero-order valence-corrected chi connectivity index (χ0v) is 33.4. The van der Waals surface area contributed by atoms with Crippen LogP contribution in [0.3, 0.4) is 0 Å². The lowest BCUT2D eigenvalue weighted by molar-refractivity contribution is -0.0470. The average Bonchev–Trinajstić information content (AvgIpc) is 3.56. The molecule has 2 aliphatic rings. The summed E-state index contributed by atoms with van der Waals surface area (Å²) in [5.41, 5.74) is 1.35. The minimum atomic E-state index is -2.28. The van der Waals surface area contributed by atoms with Gasteiger partial charge in [-0.2, -0.15) is 4.98 Å². The first-order chi connectivity index (χ1) is 19.9. The third-order valence-corrected chi connectivity index (χ3v) is 24.4. The van der Waals surface area contributed by atoms with Crippen LogP contribution in [0.2, 0.25) is 54.4 Å². The summed E-state index contributed by atoms with van der Waals surface area (Å²) in [4.78, 5) is 14.5. The van der Waals surface area contributed by atoms with Gasteiger partial charge in [-0.3, -0.25) is 4.57 Å². The predicted octanol–water partition coefficient (Wildman–Crippen LogP) is 8.41. The van der Waals surface area contributed by atoms with Crippen molar-refractivity contribution in [3.05, 3.63) is 12.2 Å². The van der Waals surface area contributed by atoms with E-state index in [1.165, 1.54) is 0 Å². The molecule has 1 aliphatic heterocycles. The molecule has 0 unspecified atom stereocenters. The number of methoxy groups -OCH3 is 1. The monoisotopic (exact) mass is 664 g/mol. The second-order valence-electron chi connectivity index (χ2n) is 17.5. The van der Waals surface area contributed by atoms with Crippen LogP contribution in [0, 0.1) is 0 Å². The van der Waals surface area contributed by atoms with Gasteiger partial charge in [-0.15, -0.1) is 0 Å². The van der Waals surface area contributed by atoms with Gasteiger partial charge < -0.3 is 22.8 Å². The first-order valence-electron chi connectivity index (χ1n) is 16.3. The van der Waals surface area contributed by atoms with Gasteiger partial charge in [0.25, 0.3) is 0 Å². The SMILES string of the molecule is COc1nc(C2CC2)nc2c1ncn2[C@@H]1O[C@H](CO[Si](C)(C)C(C)(C)C)[C@@H](O[Si](C)(C)C(C)(C)C)[C@H]1O[Si](C)(C)C(C)(C)C. The molecule has 0 radical (unpaired) electrons. The van der Waals surface area contributed by atoms with Crippen LogP contribution >= 0.6 is 0 Å². The third kappa shape index (κ3) is 7.06. The number of aromatic nitrogens is 4. The molecule has 1 aliphatic carbocycles. The number of imidazole rings is 1. The zero-order valence-electron chi connectivity index (χ0n) is 30.4. The number of hydrogen-bond donors (Lipinski definition) is 0. The van der Waals surface area contributed by atoms with Crippen LogP contribution in [0.15, 0.2) is 6.33 Å². The van der Waals surface area contributed by atoms with Crippen molar-refractivity contribution in [2.75, 3.05) is 13.7 Å². The first-order valence-corrected chi connectivity index (χ1v) is 25.1. The summed E-state index contributed by atoms with van der Waals surface area (Å²) in [7, 11) is -4.95. The topological polar surface area (TPSA) is 89.8 Å². The van der Waals surface area contributed by atoms with Gasteiger partial charge in [0, 0.05) is 5.92 Å². The molecule has 0 bridgehead atoms. The van der Waals surface area contributed by atoms with E-state index in [-0.39, 0.29) is 33.4 Å². The minimum absolute atomic E-state index is 0.00363. The summed E-state index contributed by atoms with van der Waals surface area (Å²) < 4.78 is 36.3. The average molecular weight is 665 g/mol. The molecule has 44 heavy (non-hydrogen) atoms. The Bertz CT molecular complexity index is 1320. The molecule has 12 heteroatoms. The summed E-state index contributed by atoms with van der Waals surface area (Å²) in [6, 6.07) is 0. The van der Waals surface area contributed by atoms with Gasteiger partial charge in [0.15, 0.2) is 42.3 Å². The van der Waals surface area contributed by atoms with Gasteiger partial charge in [-0.1, -0.05) is 62.3 Å². The number of rotatable bonds is 10. The molecule has 1 saturated carbocycles. The molecule has 1 saturated heterocycles. The molecule has 4 rings (SSSR count). The molecule has 0 amide bonds. The van der Waals surface area contributed by atoms with Crippen LogP contribution in [0.4, 0.5) is 0 Å². The molecule has 2 aromatic rings. The van der Waals surface area contributed by atoms with Gasteiger partial charge in [0.1, 0.15) is 24.1 Å². The molecule has 9 nitrogen and oxygen atoms in total. The Balaban J connectivity index is 1.86. The fourth-order valence-electron chi connectivity index (χ4n) is 4.63. The lowest BCUT2D eigenvalue weighted by Gasteiger charge is -2.44. The molecule has 0 N–H and O–H groups in total. The smallest absolute Gasteiger partial charge is 0.245 e. The van der Waals surface area contributed by atoms with Crippen molar-refractivity contribution in [1.29, 1.82) is 0 Å². The van der Waals surface area contributed by atoms with Crippen LogP contribution in [0.1, 0.15) is 93.1 Å². The largest absolute Gasteiger partial charge is 0.479 e. The molecule has 0 spiro atoms. The maximum Gasteiger partial charge on any atom is 0.245 e. The van der Waals surface area contributed by atoms with E-state index in [2.05, 4.69) is 102 Å². The fourth-order valence-corrected chi connectivity index (χ4v) is 8.25. The van der Waals surface area contributed by atoms with Gasteiger partial charge >= 0.3 is 0 Å². The summed E-state index contributed by atoms with van der Waals surface area (Å²) in [5, 5.41) is 0.0836. The molecule has 2 fully saturated rings. The maximum atomic E-state index is 7.34. The fraction of sp³-hybridized carbons (Fsp3) is 0.844. The van der Waals surface area contributed by atoms with Crippen LogP contribution in [-0.2, 0) is 18.0 Å². The molecule has 2 aromatic heterocycles. The van der Waals surface area contributed by atoms with Gasteiger partial charge in [-0.05, 0) is 67.2 Å². The molecular formula is C32H60N4O5Si3. The maximum absolute atomic E-state index is 7.34. The van der Waals surface area contributed by atoms with Crippen molar-refractivity contribution in [1.82, 2.24) is 19.5 Å². The molecular weight excluding hydrogens is 605 g/mol. The van der Waals surface area contributed by atoms with E-state index >= 15 is 0 Å². The van der Waals surface area contributed by atoms with Crippen molar-refractivity contribution in [2.24, 2.45) is 0 Å². The highest BCUT2D eigenvalue weighted by Crippen LogP contribution is 2.47. The summed E-state index contributed by atoms with van der Waals surface area (Å²) >= 11 is 0. The Kier molecular flexibility index (Phi) is 9.59. The van der Waals surface area contributed by atoms with Crippen molar-refractivity contribution >= 4 is 36.1 Å². The number of nitrogens with zero attached hydrogens (tertiary/aromatic N) is 4. The standard InChI is InChI=1S/C32H60N4O5Si3/c1-30(2,3)42(11,12)38-19-22-24(40-43(13,14)31(4,5)6)25(41-44(15,16)32(7,8)9)29(39-22)36-20-33-23-27(36)34-26(21-17-18-21)35-28(23)37-10/h20-22,24-25,29H,17-19H2,1-16H3/t22-,24-,25-,29-/m1/s1. The normalized spacial score (nSPS) is 24.4. The van der Waals surface area contributed by atoms with Crippen LogP contribution in [-0.4, -0.2) is 76.5 Å². The quantitative estimate of drug-likeness (QED) is 0.234. The number of ether oxygens (including phenoxy) is 2. The van der Waals surface area contributed by atoms with E-state index in [1.807, 2.05) is 10.9 Å². The van der Waals surface area contributed by atoms with Gasteiger partial charge in [-0.25, -0.2) is 9.97 Å². The Hall–Kier alpha value is -1.16. The second kappa shape index (κ2) is 11.8. The highest BCUT2D eigenvalue weighted by Gasteiger charge is 2.55. The van der Waals surface area contributed by atoms with Crippen molar-refractivity contribution in [3.63, 3.8) is 0 Å². The van der Waals surface area contributed by atoms with E-state index in [4.69, 9.17) is 37.7 Å². The number of hydrogen-bond acceptors (Lipinski definition) is 8. The minimum Gasteiger partial charge on any atom is -0.479 e. The summed E-state index contributed by atoms with van der Waals surface area (Å²) in [5.74, 6) is 1.67. The van der Waals surface area contributed by atoms with Gasteiger partial charge in [0.2, 0.25) is 5.88 Å². The highest BCUT2D eigenvalue weighted by atomic mass is 28.4. The first kappa shape index (κ1) is 35.7. The van der Waals surface area contributed by atoms with E-state index in [9.17, 15) is 0 Å². The Morgan fingerprint density at radius 3 is 1.80 bits per heavy atom. The molecule has 4 atom stereocenters. The van der Waals surface area contributed by atoms with E-state index < -0.39 is 31.2 Å². The van der Waals surface area contributed by atoms with E-state index in [0.717, 1.165) is 18.7 Å². The van der Waals surface area contributed by atoms with Gasteiger partial charge in [0.05, 0.1) is 20.0 Å². The van der Waals surface area contributed by atoms with E-state index in [1.54, 1.807) is 7.11 Å². The van der Waals surface area contributed by atoms with E-state index in [0.29, 0.717) is 29.6 Å². The highest BCUT2D eigenvalue weighted by molar-refractivity contribution is 6.75.